The van der Waals surface area contributed by atoms with Crippen LogP contribution in [0.25, 0.3) is 0 Å². The highest BCUT2D eigenvalue weighted by Crippen LogP contribution is 2.51. The molecule has 4 heteroatoms. The number of carbonyl (C=O) groups is 2. The number of rotatable bonds is 4. The summed E-state index contributed by atoms with van der Waals surface area (Å²) in [4.78, 5) is 29.6. The maximum atomic E-state index is 13.2. The van der Waals surface area contributed by atoms with Gasteiger partial charge in [-0.25, -0.2) is 0 Å². The van der Waals surface area contributed by atoms with Crippen LogP contribution in [0.5, 0.6) is 0 Å². The van der Waals surface area contributed by atoms with Crippen molar-refractivity contribution in [1.29, 1.82) is 0 Å². The Hall–Kier alpha value is -1.84. The lowest BCUT2D eigenvalue weighted by molar-refractivity contribution is -0.143. The van der Waals surface area contributed by atoms with Crippen LogP contribution in [0.4, 0.5) is 5.69 Å². The van der Waals surface area contributed by atoms with E-state index in [9.17, 15) is 9.59 Å². The Morgan fingerprint density at radius 1 is 1.23 bits per heavy atom. The van der Waals surface area contributed by atoms with Crippen molar-refractivity contribution in [3.8, 4) is 0 Å². The number of hydrogen-bond donors (Lipinski definition) is 0. The molecule has 118 valence electrons. The fraction of sp³-hybridized carbons (Fsp3) is 0.556. The minimum atomic E-state index is -0.794. The number of para-hydroxylation sites is 1. The maximum Gasteiger partial charge on any atom is 0.242 e. The molecule has 0 bridgehead atoms. The van der Waals surface area contributed by atoms with Crippen LogP contribution < -0.4 is 4.90 Å². The van der Waals surface area contributed by atoms with E-state index in [2.05, 4.69) is 13.0 Å². The smallest absolute Gasteiger partial charge is 0.242 e. The summed E-state index contributed by atoms with van der Waals surface area (Å²) >= 11 is 0. The van der Waals surface area contributed by atoms with Gasteiger partial charge in [0.25, 0.3) is 0 Å². The molecule has 3 rings (SSSR count). The summed E-state index contributed by atoms with van der Waals surface area (Å²) in [5.41, 5.74) is 1.39. The van der Waals surface area contributed by atoms with Crippen molar-refractivity contribution in [2.45, 2.75) is 46.1 Å². The molecule has 1 aliphatic carbocycles. The lowest BCUT2D eigenvalue weighted by atomic mass is 10.0. The number of amides is 2. The molecule has 1 aromatic rings. The first-order valence-electron chi connectivity index (χ1n) is 8.26. The van der Waals surface area contributed by atoms with Gasteiger partial charge in [-0.15, -0.1) is 0 Å². The van der Waals surface area contributed by atoms with Crippen LogP contribution in [0.15, 0.2) is 24.3 Å². The molecule has 1 saturated carbocycles. The van der Waals surface area contributed by atoms with Gasteiger partial charge in [0.05, 0.1) is 0 Å². The second-order valence-corrected chi connectivity index (χ2v) is 6.42. The number of carbonyl (C=O) groups excluding carboxylic acids is 2. The SMILES string of the molecule is CCN(CC)C(=O)C1(C(=O)N2c3ccccc3CC2C)CC1. The summed E-state index contributed by atoms with van der Waals surface area (Å²) in [7, 11) is 0. The number of anilines is 1. The van der Waals surface area contributed by atoms with Gasteiger partial charge in [0.1, 0.15) is 5.41 Å². The third-order valence-electron chi connectivity index (χ3n) is 5.05. The predicted molar refractivity (Wildman–Crippen MR) is 86.7 cm³/mol. The van der Waals surface area contributed by atoms with E-state index in [1.54, 1.807) is 4.90 Å². The molecular weight excluding hydrogens is 276 g/mol. The van der Waals surface area contributed by atoms with Gasteiger partial charge in [-0.2, -0.15) is 0 Å². The van der Waals surface area contributed by atoms with E-state index in [4.69, 9.17) is 0 Å². The van der Waals surface area contributed by atoms with Gasteiger partial charge < -0.3 is 9.80 Å². The standard InChI is InChI=1S/C18H24N2O2/c1-4-19(5-2)16(21)18(10-11-18)17(22)20-13(3)12-14-8-6-7-9-15(14)20/h6-9,13H,4-5,10-12H2,1-3H3. The van der Waals surface area contributed by atoms with Crippen molar-refractivity contribution in [2.24, 2.45) is 5.41 Å². The van der Waals surface area contributed by atoms with Crippen LogP contribution in [-0.2, 0) is 16.0 Å². The molecule has 0 saturated heterocycles. The second kappa shape index (κ2) is 5.41. The minimum absolute atomic E-state index is 0.00171. The Bertz CT molecular complexity index is 603. The third-order valence-corrected chi connectivity index (χ3v) is 5.05. The van der Waals surface area contributed by atoms with Gasteiger partial charge in [0, 0.05) is 24.8 Å². The van der Waals surface area contributed by atoms with E-state index >= 15 is 0 Å². The van der Waals surface area contributed by atoms with Crippen molar-refractivity contribution in [1.82, 2.24) is 4.90 Å². The van der Waals surface area contributed by atoms with E-state index in [0.717, 1.165) is 12.1 Å². The van der Waals surface area contributed by atoms with E-state index < -0.39 is 5.41 Å². The summed E-state index contributed by atoms with van der Waals surface area (Å²) in [5.74, 6) is 0.0148. The Kier molecular flexibility index (Phi) is 3.71. The van der Waals surface area contributed by atoms with Gasteiger partial charge in [-0.1, -0.05) is 18.2 Å². The average molecular weight is 300 g/mol. The van der Waals surface area contributed by atoms with Gasteiger partial charge in [0.15, 0.2) is 0 Å². The summed E-state index contributed by atoms with van der Waals surface area (Å²) in [6.07, 6.45) is 2.25. The molecule has 2 aliphatic rings. The molecule has 1 atom stereocenters. The van der Waals surface area contributed by atoms with Gasteiger partial charge in [0.2, 0.25) is 11.8 Å². The van der Waals surface area contributed by atoms with Crippen LogP contribution in [-0.4, -0.2) is 35.8 Å². The normalized spacial score (nSPS) is 21.4. The van der Waals surface area contributed by atoms with Crippen molar-refractivity contribution in [3.63, 3.8) is 0 Å². The minimum Gasteiger partial charge on any atom is -0.342 e. The molecule has 1 unspecified atom stereocenters. The number of hydrogen-bond acceptors (Lipinski definition) is 2. The summed E-state index contributed by atoms with van der Waals surface area (Å²) in [6, 6.07) is 8.17. The van der Waals surface area contributed by atoms with E-state index in [1.807, 2.05) is 36.9 Å². The van der Waals surface area contributed by atoms with Gasteiger partial charge >= 0.3 is 0 Å². The van der Waals surface area contributed by atoms with Crippen molar-refractivity contribution >= 4 is 17.5 Å². The molecule has 0 radical (unpaired) electrons. The first-order valence-corrected chi connectivity index (χ1v) is 8.26. The molecule has 0 spiro atoms. The fourth-order valence-electron chi connectivity index (χ4n) is 3.56. The number of fused-ring (bicyclic) bond motifs is 1. The summed E-state index contributed by atoms with van der Waals surface area (Å²) in [5, 5.41) is 0. The van der Waals surface area contributed by atoms with Crippen LogP contribution in [0, 0.1) is 5.41 Å². The lowest BCUT2D eigenvalue weighted by Gasteiger charge is -2.30. The number of nitrogens with zero attached hydrogens (tertiary/aromatic N) is 2. The zero-order valence-electron chi connectivity index (χ0n) is 13.6. The van der Waals surface area contributed by atoms with Crippen LogP contribution in [0.1, 0.15) is 39.2 Å². The van der Waals surface area contributed by atoms with E-state index in [0.29, 0.717) is 25.9 Å². The first kappa shape index (κ1) is 15.1. The Morgan fingerprint density at radius 2 is 1.86 bits per heavy atom. The average Bonchev–Trinajstić information content (AvgIpc) is 3.25. The molecule has 1 aliphatic heterocycles. The zero-order valence-corrected chi connectivity index (χ0v) is 13.6. The largest absolute Gasteiger partial charge is 0.342 e. The zero-order chi connectivity index (χ0) is 15.9. The lowest BCUT2D eigenvalue weighted by Crippen LogP contribution is -2.48. The molecule has 1 heterocycles. The van der Waals surface area contributed by atoms with Crippen LogP contribution in [0.2, 0.25) is 0 Å². The molecule has 0 aromatic heterocycles. The van der Waals surface area contributed by atoms with Crippen molar-refractivity contribution in [2.75, 3.05) is 18.0 Å². The Balaban J connectivity index is 1.90. The quantitative estimate of drug-likeness (QED) is 0.802. The topological polar surface area (TPSA) is 40.6 Å². The maximum absolute atomic E-state index is 13.2. The van der Waals surface area contributed by atoms with Crippen molar-refractivity contribution in [3.05, 3.63) is 29.8 Å². The van der Waals surface area contributed by atoms with E-state index in [1.165, 1.54) is 5.56 Å². The van der Waals surface area contributed by atoms with Crippen LogP contribution in [0.3, 0.4) is 0 Å². The highest BCUT2D eigenvalue weighted by molar-refractivity contribution is 6.14. The van der Waals surface area contributed by atoms with E-state index in [-0.39, 0.29) is 17.9 Å². The fourth-order valence-corrected chi connectivity index (χ4v) is 3.56. The Labute approximate surface area is 132 Å². The predicted octanol–water partition coefficient (Wildman–Crippen LogP) is 2.61. The number of benzene rings is 1. The summed E-state index contributed by atoms with van der Waals surface area (Å²) in [6.45, 7) is 7.33. The Morgan fingerprint density at radius 3 is 2.45 bits per heavy atom. The van der Waals surface area contributed by atoms with Gasteiger partial charge in [-0.05, 0) is 51.7 Å². The monoisotopic (exact) mass is 300 g/mol. The molecular formula is C18H24N2O2. The van der Waals surface area contributed by atoms with Crippen molar-refractivity contribution < 1.29 is 9.59 Å². The van der Waals surface area contributed by atoms with Gasteiger partial charge in [-0.3, -0.25) is 9.59 Å². The molecule has 4 nitrogen and oxygen atoms in total. The molecule has 0 N–H and O–H groups in total. The molecule has 2 amide bonds. The summed E-state index contributed by atoms with van der Waals surface area (Å²) < 4.78 is 0. The molecule has 22 heavy (non-hydrogen) atoms. The third kappa shape index (κ3) is 2.13. The molecule has 1 fully saturated rings. The highest BCUT2D eigenvalue weighted by Gasteiger charge is 2.60. The first-order chi connectivity index (χ1) is 10.5. The van der Waals surface area contributed by atoms with Crippen LogP contribution >= 0.6 is 0 Å². The molecule has 1 aromatic carbocycles. The second-order valence-electron chi connectivity index (χ2n) is 6.42. The highest BCUT2D eigenvalue weighted by atomic mass is 16.2.